The van der Waals surface area contributed by atoms with Crippen LogP contribution in [0.25, 0.3) is 0 Å². The lowest BCUT2D eigenvalue weighted by molar-refractivity contribution is -0.138. The van der Waals surface area contributed by atoms with Gasteiger partial charge in [-0.3, -0.25) is 0 Å². The summed E-state index contributed by atoms with van der Waals surface area (Å²) in [4.78, 5) is 2.05. The number of hydrogen-bond acceptors (Lipinski definition) is 2. The molecule has 0 aliphatic heterocycles. The molecule has 1 aliphatic carbocycles. The van der Waals surface area contributed by atoms with Gasteiger partial charge in [-0.05, 0) is 37.5 Å². The van der Waals surface area contributed by atoms with E-state index in [1.807, 2.05) is 11.8 Å². The first-order valence-corrected chi connectivity index (χ1v) is 7.05. The minimum Gasteiger partial charge on any atom is -0.392 e. The van der Waals surface area contributed by atoms with Gasteiger partial charge in [0.05, 0.1) is 12.2 Å². The summed E-state index contributed by atoms with van der Waals surface area (Å²) in [6, 6.07) is 4.58. The highest BCUT2D eigenvalue weighted by molar-refractivity contribution is 5.52. The zero-order valence-electron chi connectivity index (χ0n) is 11.6. The van der Waals surface area contributed by atoms with Crippen LogP contribution in [0.3, 0.4) is 0 Å². The van der Waals surface area contributed by atoms with Crippen molar-refractivity contribution in [2.24, 2.45) is 0 Å². The maximum absolute atomic E-state index is 13.0. The lowest BCUT2D eigenvalue weighted by atomic mass is 10.0. The predicted molar refractivity (Wildman–Crippen MR) is 72.6 cm³/mol. The maximum Gasteiger partial charge on any atom is 0.416 e. The van der Waals surface area contributed by atoms with E-state index < -0.39 is 18.3 Å². The normalized spacial score (nSPS) is 16.6. The first kappa shape index (κ1) is 15.2. The number of aliphatic hydroxyl groups excluding tert-OH is 1. The average molecular weight is 287 g/mol. The van der Waals surface area contributed by atoms with Crippen molar-refractivity contribution in [2.75, 3.05) is 11.4 Å². The molecule has 0 amide bonds. The van der Waals surface area contributed by atoms with Gasteiger partial charge in [0.25, 0.3) is 0 Å². The zero-order valence-corrected chi connectivity index (χ0v) is 11.6. The van der Waals surface area contributed by atoms with Crippen LogP contribution < -0.4 is 4.90 Å². The molecule has 1 saturated carbocycles. The van der Waals surface area contributed by atoms with Crippen LogP contribution in [-0.2, 0) is 12.8 Å². The van der Waals surface area contributed by atoms with Crippen LogP contribution >= 0.6 is 0 Å². The summed E-state index contributed by atoms with van der Waals surface area (Å²) in [6.45, 7) is 2.07. The quantitative estimate of drug-likeness (QED) is 0.906. The Labute approximate surface area is 117 Å². The number of benzene rings is 1. The fraction of sp³-hybridized carbons (Fsp3) is 0.600. The topological polar surface area (TPSA) is 23.5 Å². The smallest absolute Gasteiger partial charge is 0.392 e. The minimum atomic E-state index is -4.43. The maximum atomic E-state index is 13.0. The lowest BCUT2D eigenvalue weighted by Crippen LogP contribution is -2.33. The zero-order chi connectivity index (χ0) is 14.8. The Morgan fingerprint density at radius 1 is 1.25 bits per heavy atom. The third kappa shape index (κ3) is 3.08. The van der Waals surface area contributed by atoms with E-state index in [1.54, 1.807) is 6.07 Å². The number of rotatable bonds is 4. The molecule has 20 heavy (non-hydrogen) atoms. The standard InChI is InChI=1S/C15H20F3NO/c1-2-19(12-5-3-4-6-12)13-8-7-11(10-20)14(9-13)15(16,17)18/h7-9,12,20H,2-6,10H2,1H3. The number of halogens is 3. The second kappa shape index (κ2) is 6.04. The van der Waals surface area contributed by atoms with Crippen molar-refractivity contribution in [1.29, 1.82) is 0 Å². The highest BCUT2D eigenvalue weighted by atomic mass is 19.4. The van der Waals surface area contributed by atoms with Crippen LogP contribution in [0.2, 0.25) is 0 Å². The number of nitrogens with zero attached hydrogens (tertiary/aromatic N) is 1. The second-order valence-electron chi connectivity index (χ2n) is 5.22. The molecule has 2 nitrogen and oxygen atoms in total. The van der Waals surface area contributed by atoms with E-state index in [4.69, 9.17) is 5.11 Å². The van der Waals surface area contributed by atoms with Gasteiger partial charge in [-0.1, -0.05) is 18.9 Å². The summed E-state index contributed by atoms with van der Waals surface area (Å²) in [5, 5.41) is 9.07. The van der Waals surface area contributed by atoms with Gasteiger partial charge in [-0.2, -0.15) is 13.2 Å². The SMILES string of the molecule is CCN(c1ccc(CO)c(C(F)(F)F)c1)C1CCCC1. The number of alkyl halides is 3. The molecule has 0 spiro atoms. The van der Waals surface area contributed by atoms with Crippen molar-refractivity contribution < 1.29 is 18.3 Å². The van der Waals surface area contributed by atoms with E-state index >= 15 is 0 Å². The Bertz CT molecular complexity index is 453. The van der Waals surface area contributed by atoms with Crippen LogP contribution in [0.1, 0.15) is 43.7 Å². The van der Waals surface area contributed by atoms with Crippen molar-refractivity contribution in [1.82, 2.24) is 0 Å². The van der Waals surface area contributed by atoms with Crippen molar-refractivity contribution in [3.63, 3.8) is 0 Å². The van der Waals surface area contributed by atoms with E-state index in [0.717, 1.165) is 25.7 Å². The first-order chi connectivity index (χ1) is 9.47. The summed E-state index contributed by atoms with van der Waals surface area (Å²) < 4.78 is 39.1. The fourth-order valence-corrected chi connectivity index (χ4v) is 3.01. The number of aliphatic hydroxyl groups is 1. The molecular formula is C15H20F3NO. The molecular weight excluding hydrogens is 267 g/mol. The molecule has 5 heteroatoms. The van der Waals surface area contributed by atoms with Gasteiger partial charge >= 0.3 is 6.18 Å². The van der Waals surface area contributed by atoms with Crippen LogP contribution in [0, 0.1) is 0 Å². The van der Waals surface area contributed by atoms with Crippen molar-refractivity contribution in [2.45, 2.75) is 51.4 Å². The van der Waals surface area contributed by atoms with Gasteiger partial charge < -0.3 is 10.0 Å². The summed E-state index contributed by atoms with van der Waals surface area (Å²) >= 11 is 0. The van der Waals surface area contributed by atoms with Crippen LogP contribution in [0.4, 0.5) is 18.9 Å². The van der Waals surface area contributed by atoms with Crippen molar-refractivity contribution >= 4 is 5.69 Å². The van der Waals surface area contributed by atoms with Gasteiger partial charge in [0.1, 0.15) is 0 Å². The molecule has 0 aromatic heterocycles. The fourth-order valence-electron chi connectivity index (χ4n) is 3.01. The van der Waals surface area contributed by atoms with Crippen LogP contribution in [-0.4, -0.2) is 17.7 Å². The van der Waals surface area contributed by atoms with Gasteiger partial charge in [-0.25, -0.2) is 0 Å². The summed E-state index contributed by atoms with van der Waals surface area (Å²) in [7, 11) is 0. The van der Waals surface area contributed by atoms with E-state index in [-0.39, 0.29) is 5.56 Å². The Balaban J connectivity index is 2.36. The Morgan fingerprint density at radius 3 is 2.40 bits per heavy atom. The molecule has 1 fully saturated rings. The molecule has 0 radical (unpaired) electrons. The molecule has 1 aromatic rings. The van der Waals surface area contributed by atoms with E-state index in [1.165, 1.54) is 12.1 Å². The largest absolute Gasteiger partial charge is 0.416 e. The minimum absolute atomic E-state index is 0.0660. The van der Waals surface area contributed by atoms with Crippen LogP contribution in [0.15, 0.2) is 18.2 Å². The molecule has 0 heterocycles. The molecule has 1 aliphatic rings. The Kier molecular flexibility index (Phi) is 4.58. The second-order valence-corrected chi connectivity index (χ2v) is 5.22. The van der Waals surface area contributed by atoms with Gasteiger partial charge in [0.2, 0.25) is 0 Å². The van der Waals surface area contributed by atoms with E-state index in [2.05, 4.69) is 0 Å². The molecule has 112 valence electrons. The summed E-state index contributed by atoms with van der Waals surface area (Å²) in [6.07, 6.45) is -0.0684. The van der Waals surface area contributed by atoms with Crippen molar-refractivity contribution in [3.8, 4) is 0 Å². The van der Waals surface area contributed by atoms with Crippen molar-refractivity contribution in [3.05, 3.63) is 29.3 Å². The number of anilines is 1. The van der Waals surface area contributed by atoms with Gasteiger partial charge in [-0.15, -0.1) is 0 Å². The number of hydrogen-bond donors (Lipinski definition) is 1. The van der Waals surface area contributed by atoms with E-state index in [9.17, 15) is 13.2 Å². The Morgan fingerprint density at radius 2 is 1.90 bits per heavy atom. The molecule has 0 unspecified atom stereocenters. The highest BCUT2D eigenvalue weighted by Crippen LogP contribution is 2.36. The predicted octanol–water partition coefficient (Wildman–Crippen LogP) is 3.97. The molecule has 0 atom stereocenters. The summed E-state index contributed by atoms with van der Waals surface area (Å²) in [5.41, 5.74) is -0.193. The van der Waals surface area contributed by atoms with Gasteiger partial charge in [0, 0.05) is 18.3 Å². The lowest BCUT2D eigenvalue weighted by Gasteiger charge is -2.30. The molecule has 0 saturated heterocycles. The summed E-state index contributed by atoms with van der Waals surface area (Å²) in [5.74, 6) is 0. The first-order valence-electron chi connectivity index (χ1n) is 7.05. The molecule has 1 aromatic carbocycles. The highest BCUT2D eigenvalue weighted by Gasteiger charge is 2.34. The van der Waals surface area contributed by atoms with E-state index in [0.29, 0.717) is 18.3 Å². The molecule has 1 N–H and O–H groups in total. The molecule has 2 rings (SSSR count). The van der Waals surface area contributed by atoms with Crippen LogP contribution in [0.5, 0.6) is 0 Å². The Hall–Kier alpha value is -1.23. The van der Waals surface area contributed by atoms with Gasteiger partial charge in [0.15, 0.2) is 0 Å². The third-order valence-electron chi connectivity index (χ3n) is 4.01. The monoisotopic (exact) mass is 287 g/mol. The average Bonchev–Trinajstić information content (AvgIpc) is 2.92. The third-order valence-corrected chi connectivity index (χ3v) is 4.01. The molecule has 0 bridgehead atoms.